The Hall–Kier alpha value is -0.120. The van der Waals surface area contributed by atoms with Gasteiger partial charge in [-0.1, -0.05) is 20.8 Å². The van der Waals surface area contributed by atoms with Gasteiger partial charge in [0.05, 0.1) is 6.10 Å². The third-order valence-corrected chi connectivity index (χ3v) is 2.74. The van der Waals surface area contributed by atoms with Crippen molar-refractivity contribution < 1.29 is 4.74 Å². The van der Waals surface area contributed by atoms with Crippen LogP contribution in [0.2, 0.25) is 0 Å². The van der Waals surface area contributed by atoms with Crippen molar-refractivity contribution in [2.24, 2.45) is 5.92 Å². The molecule has 2 N–H and O–H groups in total. The maximum atomic E-state index is 5.61. The molecule has 1 heterocycles. The minimum atomic E-state index is 0.439. The van der Waals surface area contributed by atoms with Gasteiger partial charge in [0, 0.05) is 32.3 Å². The fourth-order valence-corrected chi connectivity index (χ4v) is 1.71. The lowest BCUT2D eigenvalue weighted by molar-refractivity contribution is 0.0936. The van der Waals surface area contributed by atoms with E-state index in [1.165, 1.54) is 6.42 Å². The SMILES string of the molecule is CC(C)NCCNCC1OCCC1C. The second-order valence-electron chi connectivity index (χ2n) is 4.49. The van der Waals surface area contributed by atoms with E-state index in [0.29, 0.717) is 12.1 Å². The molecule has 0 bridgehead atoms. The first kappa shape index (κ1) is 12.0. The molecule has 0 saturated carbocycles. The van der Waals surface area contributed by atoms with Crippen LogP contribution in [0.15, 0.2) is 0 Å². The molecule has 3 nitrogen and oxygen atoms in total. The van der Waals surface area contributed by atoms with Gasteiger partial charge >= 0.3 is 0 Å². The average molecular weight is 200 g/mol. The molecule has 0 amide bonds. The molecule has 1 aliphatic heterocycles. The summed E-state index contributed by atoms with van der Waals surface area (Å²) in [5.74, 6) is 0.723. The van der Waals surface area contributed by atoms with E-state index in [1.807, 2.05) is 0 Å². The number of rotatable bonds is 6. The largest absolute Gasteiger partial charge is 0.377 e. The van der Waals surface area contributed by atoms with Crippen molar-refractivity contribution in [1.29, 1.82) is 0 Å². The quantitative estimate of drug-likeness (QED) is 0.628. The lowest BCUT2D eigenvalue weighted by Gasteiger charge is -2.15. The molecule has 14 heavy (non-hydrogen) atoms. The summed E-state index contributed by atoms with van der Waals surface area (Å²) >= 11 is 0. The molecule has 0 aliphatic carbocycles. The Labute approximate surface area is 87.6 Å². The second-order valence-corrected chi connectivity index (χ2v) is 4.49. The normalized spacial score (nSPS) is 27.4. The van der Waals surface area contributed by atoms with Gasteiger partial charge in [-0.05, 0) is 12.3 Å². The summed E-state index contributed by atoms with van der Waals surface area (Å²) in [5.41, 5.74) is 0. The van der Waals surface area contributed by atoms with Gasteiger partial charge in [0.1, 0.15) is 0 Å². The van der Waals surface area contributed by atoms with E-state index in [-0.39, 0.29) is 0 Å². The lowest BCUT2D eigenvalue weighted by atomic mass is 10.0. The predicted molar refractivity (Wildman–Crippen MR) is 59.5 cm³/mol. The molecule has 84 valence electrons. The van der Waals surface area contributed by atoms with Crippen molar-refractivity contribution in [3.8, 4) is 0 Å². The first-order chi connectivity index (χ1) is 6.70. The van der Waals surface area contributed by atoms with Gasteiger partial charge in [-0.2, -0.15) is 0 Å². The van der Waals surface area contributed by atoms with E-state index in [1.54, 1.807) is 0 Å². The molecule has 1 rings (SSSR count). The van der Waals surface area contributed by atoms with Gasteiger partial charge in [-0.15, -0.1) is 0 Å². The summed E-state index contributed by atoms with van der Waals surface area (Å²) in [7, 11) is 0. The number of hydrogen-bond donors (Lipinski definition) is 2. The van der Waals surface area contributed by atoms with Crippen molar-refractivity contribution >= 4 is 0 Å². The zero-order chi connectivity index (χ0) is 10.4. The summed E-state index contributed by atoms with van der Waals surface area (Å²) in [6, 6.07) is 0.582. The van der Waals surface area contributed by atoms with Crippen LogP contribution >= 0.6 is 0 Å². The Bertz CT molecular complexity index is 150. The topological polar surface area (TPSA) is 33.3 Å². The second kappa shape index (κ2) is 6.38. The summed E-state index contributed by atoms with van der Waals surface area (Å²) < 4.78 is 5.61. The standard InChI is InChI=1S/C11H24N2O/c1-9(2)13-6-5-12-8-11-10(3)4-7-14-11/h9-13H,4-8H2,1-3H3. The Balaban J connectivity index is 1.93. The number of hydrogen-bond acceptors (Lipinski definition) is 3. The van der Waals surface area contributed by atoms with E-state index in [9.17, 15) is 0 Å². The van der Waals surface area contributed by atoms with Gasteiger partial charge in [-0.25, -0.2) is 0 Å². The highest BCUT2D eigenvalue weighted by atomic mass is 16.5. The van der Waals surface area contributed by atoms with Gasteiger partial charge in [-0.3, -0.25) is 0 Å². The van der Waals surface area contributed by atoms with Crippen molar-refractivity contribution in [2.75, 3.05) is 26.2 Å². The molecular formula is C11H24N2O. The minimum Gasteiger partial charge on any atom is -0.377 e. The van der Waals surface area contributed by atoms with E-state index in [2.05, 4.69) is 31.4 Å². The molecule has 1 aliphatic rings. The Morgan fingerprint density at radius 3 is 2.71 bits per heavy atom. The van der Waals surface area contributed by atoms with Crippen LogP contribution in [0.25, 0.3) is 0 Å². The van der Waals surface area contributed by atoms with Crippen LogP contribution in [0.3, 0.4) is 0 Å². The average Bonchev–Trinajstić information content (AvgIpc) is 2.51. The van der Waals surface area contributed by atoms with Crippen LogP contribution < -0.4 is 10.6 Å². The third-order valence-electron chi connectivity index (χ3n) is 2.74. The smallest absolute Gasteiger partial charge is 0.0725 e. The molecule has 3 heteroatoms. The zero-order valence-corrected chi connectivity index (χ0v) is 9.68. The summed E-state index contributed by atoms with van der Waals surface area (Å²) in [5, 5.41) is 6.80. The molecule has 2 atom stereocenters. The molecule has 1 saturated heterocycles. The predicted octanol–water partition coefficient (Wildman–Crippen LogP) is 0.999. The number of nitrogens with one attached hydrogen (secondary N) is 2. The number of ether oxygens (including phenoxy) is 1. The third kappa shape index (κ3) is 4.40. The van der Waals surface area contributed by atoms with Crippen molar-refractivity contribution in [3.05, 3.63) is 0 Å². The highest BCUT2D eigenvalue weighted by Crippen LogP contribution is 2.18. The van der Waals surface area contributed by atoms with Crippen molar-refractivity contribution in [2.45, 2.75) is 39.3 Å². The monoisotopic (exact) mass is 200 g/mol. The molecule has 2 unspecified atom stereocenters. The summed E-state index contributed by atoms with van der Waals surface area (Å²) in [6.07, 6.45) is 1.66. The molecule has 1 fully saturated rings. The molecular weight excluding hydrogens is 176 g/mol. The fourth-order valence-electron chi connectivity index (χ4n) is 1.71. The summed E-state index contributed by atoms with van der Waals surface area (Å²) in [4.78, 5) is 0. The first-order valence-corrected chi connectivity index (χ1v) is 5.76. The van der Waals surface area contributed by atoms with Crippen LogP contribution in [0.4, 0.5) is 0 Å². The molecule has 0 aromatic carbocycles. The van der Waals surface area contributed by atoms with Crippen molar-refractivity contribution in [3.63, 3.8) is 0 Å². The van der Waals surface area contributed by atoms with Crippen LogP contribution in [-0.2, 0) is 4.74 Å². The Morgan fingerprint density at radius 1 is 1.36 bits per heavy atom. The van der Waals surface area contributed by atoms with E-state index < -0.39 is 0 Å². The van der Waals surface area contributed by atoms with Crippen LogP contribution in [0, 0.1) is 5.92 Å². The first-order valence-electron chi connectivity index (χ1n) is 5.76. The Morgan fingerprint density at radius 2 is 2.14 bits per heavy atom. The van der Waals surface area contributed by atoms with Crippen LogP contribution in [-0.4, -0.2) is 38.4 Å². The molecule has 0 aromatic rings. The van der Waals surface area contributed by atoms with E-state index >= 15 is 0 Å². The van der Waals surface area contributed by atoms with E-state index in [0.717, 1.165) is 32.2 Å². The summed E-state index contributed by atoms with van der Waals surface area (Å²) in [6.45, 7) is 10.6. The maximum absolute atomic E-state index is 5.61. The Kier molecular flexibility index (Phi) is 5.45. The highest BCUT2D eigenvalue weighted by Gasteiger charge is 2.23. The maximum Gasteiger partial charge on any atom is 0.0725 e. The minimum absolute atomic E-state index is 0.439. The molecule has 0 spiro atoms. The molecule has 0 aromatic heterocycles. The van der Waals surface area contributed by atoms with Gasteiger partial charge in [0.15, 0.2) is 0 Å². The van der Waals surface area contributed by atoms with Gasteiger partial charge in [0.25, 0.3) is 0 Å². The van der Waals surface area contributed by atoms with Crippen LogP contribution in [0.1, 0.15) is 27.2 Å². The van der Waals surface area contributed by atoms with E-state index in [4.69, 9.17) is 4.74 Å². The van der Waals surface area contributed by atoms with Gasteiger partial charge in [0.2, 0.25) is 0 Å². The molecule has 0 radical (unpaired) electrons. The van der Waals surface area contributed by atoms with Crippen LogP contribution in [0.5, 0.6) is 0 Å². The lowest BCUT2D eigenvalue weighted by Crippen LogP contribution is -2.36. The fraction of sp³-hybridized carbons (Fsp3) is 1.00. The zero-order valence-electron chi connectivity index (χ0n) is 9.68. The highest BCUT2D eigenvalue weighted by molar-refractivity contribution is 4.74. The van der Waals surface area contributed by atoms with Gasteiger partial charge < -0.3 is 15.4 Å². The van der Waals surface area contributed by atoms with Crippen molar-refractivity contribution in [1.82, 2.24) is 10.6 Å².